The molecule has 2 nitrogen and oxygen atoms in total. The van der Waals surface area contributed by atoms with E-state index in [4.69, 9.17) is 4.74 Å². The molecule has 0 heterocycles. The highest BCUT2D eigenvalue weighted by atomic mass is 79.9. The average Bonchev–Trinajstić information content (AvgIpc) is 2.20. The molecule has 0 spiro atoms. The van der Waals surface area contributed by atoms with E-state index in [2.05, 4.69) is 15.9 Å². The first-order chi connectivity index (χ1) is 7.77. The lowest BCUT2D eigenvalue weighted by Crippen LogP contribution is -2.36. The van der Waals surface area contributed by atoms with Crippen LogP contribution in [0, 0.1) is 11.2 Å². The van der Waals surface area contributed by atoms with Crippen molar-refractivity contribution in [3.05, 3.63) is 34.1 Å². The Morgan fingerprint density at radius 3 is 2.47 bits per heavy atom. The molecule has 1 rings (SSSR count). The van der Waals surface area contributed by atoms with Gasteiger partial charge in [-0.25, -0.2) is 4.39 Å². The molecule has 0 aliphatic rings. The summed E-state index contributed by atoms with van der Waals surface area (Å²) in [6.45, 7) is 5.65. The number of carbonyl (C=O) groups is 1. The van der Waals surface area contributed by atoms with Gasteiger partial charge in [-0.05, 0) is 23.6 Å². The molecule has 1 aromatic carbocycles. The van der Waals surface area contributed by atoms with Crippen LogP contribution < -0.4 is 0 Å². The lowest BCUT2D eigenvalue weighted by atomic mass is 9.84. The molecule has 0 radical (unpaired) electrons. The molecule has 0 aliphatic carbocycles. The fraction of sp³-hybridized carbons (Fsp3) is 0.462. The van der Waals surface area contributed by atoms with Gasteiger partial charge in [-0.3, -0.25) is 4.79 Å². The molecule has 0 aliphatic heterocycles. The summed E-state index contributed by atoms with van der Waals surface area (Å²) >= 11 is 3.23. The third kappa shape index (κ3) is 3.36. The molecule has 17 heavy (non-hydrogen) atoms. The van der Waals surface area contributed by atoms with Crippen molar-refractivity contribution in [3.8, 4) is 0 Å². The summed E-state index contributed by atoms with van der Waals surface area (Å²) in [7, 11) is 1.46. The van der Waals surface area contributed by atoms with Gasteiger partial charge in [-0.2, -0.15) is 0 Å². The predicted octanol–water partition coefficient (Wildman–Crippen LogP) is 3.83. The topological polar surface area (TPSA) is 26.3 Å². The number of ketones is 1. The van der Waals surface area contributed by atoms with Gasteiger partial charge in [0.1, 0.15) is 11.9 Å². The Morgan fingerprint density at radius 2 is 2.00 bits per heavy atom. The van der Waals surface area contributed by atoms with Gasteiger partial charge < -0.3 is 4.74 Å². The zero-order chi connectivity index (χ0) is 13.2. The number of methoxy groups -OCH3 is 1. The summed E-state index contributed by atoms with van der Waals surface area (Å²) in [6.07, 6.45) is -0.661. The van der Waals surface area contributed by atoms with Crippen molar-refractivity contribution < 1.29 is 13.9 Å². The van der Waals surface area contributed by atoms with Crippen LogP contribution in [0.2, 0.25) is 0 Å². The highest BCUT2D eigenvalue weighted by Gasteiger charge is 2.33. The standard InChI is InChI=1S/C13H16BrFO2/c1-13(2,3)12(17-4)11(16)9-7-8(14)5-6-10(9)15/h5-7,12H,1-4H3. The number of hydrogen-bond acceptors (Lipinski definition) is 2. The smallest absolute Gasteiger partial charge is 0.195 e. The Kier molecular flexibility index (Phi) is 4.44. The van der Waals surface area contributed by atoms with E-state index in [1.807, 2.05) is 20.8 Å². The number of ether oxygens (including phenoxy) is 1. The van der Waals surface area contributed by atoms with Gasteiger partial charge >= 0.3 is 0 Å². The Bertz CT molecular complexity index is 424. The van der Waals surface area contributed by atoms with E-state index < -0.39 is 11.9 Å². The third-order valence-corrected chi connectivity index (χ3v) is 2.95. The van der Waals surface area contributed by atoms with E-state index in [1.165, 1.54) is 19.2 Å². The molecule has 0 amide bonds. The Balaban J connectivity index is 3.15. The Morgan fingerprint density at radius 1 is 1.41 bits per heavy atom. The largest absolute Gasteiger partial charge is 0.373 e. The first-order valence-corrected chi connectivity index (χ1v) is 6.08. The van der Waals surface area contributed by atoms with E-state index in [9.17, 15) is 9.18 Å². The highest BCUT2D eigenvalue weighted by Crippen LogP contribution is 2.27. The first kappa shape index (κ1) is 14.3. The molecule has 1 aromatic rings. The molecular formula is C13H16BrFO2. The minimum absolute atomic E-state index is 0.0566. The molecule has 4 heteroatoms. The van der Waals surface area contributed by atoms with E-state index in [1.54, 1.807) is 6.07 Å². The van der Waals surface area contributed by atoms with Crippen molar-refractivity contribution >= 4 is 21.7 Å². The summed E-state index contributed by atoms with van der Waals surface area (Å²) in [5.41, 5.74) is -0.318. The van der Waals surface area contributed by atoms with Crippen LogP contribution in [-0.2, 0) is 4.74 Å². The zero-order valence-corrected chi connectivity index (χ0v) is 12.0. The van der Waals surface area contributed by atoms with Crippen LogP contribution in [0.25, 0.3) is 0 Å². The van der Waals surface area contributed by atoms with Gasteiger partial charge in [0.25, 0.3) is 0 Å². The normalized spacial score (nSPS) is 13.5. The minimum Gasteiger partial charge on any atom is -0.373 e. The molecule has 1 atom stereocenters. The molecule has 0 N–H and O–H groups in total. The summed E-state index contributed by atoms with van der Waals surface area (Å²) in [5, 5.41) is 0. The summed E-state index contributed by atoms with van der Waals surface area (Å²) in [6, 6.07) is 4.31. The van der Waals surface area contributed by atoms with Crippen LogP contribution >= 0.6 is 15.9 Å². The van der Waals surface area contributed by atoms with Gasteiger partial charge in [0.2, 0.25) is 0 Å². The van der Waals surface area contributed by atoms with Crippen LogP contribution in [0.1, 0.15) is 31.1 Å². The molecular weight excluding hydrogens is 287 g/mol. The lowest BCUT2D eigenvalue weighted by Gasteiger charge is -2.28. The van der Waals surface area contributed by atoms with Crippen LogP contribution in [0.15, 0.2) is 22.7 Å². The number of rotatable bonds is 3. The number of halogens is 2. The van der Waals surface area contributed by atoms with Crippen molar-refractivity contribution in [1.82, 2.24) is 0 Å². The van der Waals surface area contributed by atoms with E-state index in [0.717, 1.165) is 0 Å². The quantitative estimate of drug-likeness (QED) is 0.793. The second kappa shape index (κ2) is 5.27. The summed E-state index contributed by atoms with van der Waals surface area (Å²) in [4.78, 5) is 12.2. The molecule has 0 bridgehead atoms. The van der Waals surface area contributed by atoms with Crippen molar-refractivity contribution in [2.75, 3.05) is 7.11 Å². The van der Waals surface area contributed by atoms with Crippen molar-refractivity contribution in [2.45, 2.75) is 26.9 Å². The second-order valence-corrected chi connectivity index (χ2v) is 5.89. The number of Topliss-reactive ketones (excluding diaryl/α,β-unsaturated/α-hetero) is 1. The molecule has 0 aromatic heterocycles. The third-order valence-electron chi connectivity index (χ3n) is 2.45. The fourth-order valence-corrected chi connectivity index (χ4v) is 2.04. The number of carbonyl (C=O) groups excluding carboxylic acids is 1. The molecule has 0 fully saturated rings. The van der Waals surface area contributed by atoms with Crippen molar-refractivity contribution in [2.24, 2.45) is 5.41 Å². The summed E-state index contributed by atoms with van der Waals surface area (Å²) in [5.74, 6) is -0.858. The van der Waals surface area contributed by atoms with E-state index in [0.29, 0.717) is 4.47 Å². The summed E-state index contributed by atoms with van der Waals surface area (Å²) < 4.78 is 19.5. The maximum atomic E-state index is 13.6. The lowest BCUT2D eigenvalue weighted by molar-refractivity contribution is 0.0192. The van der Waals surface area contributed by atoms with Crippen molar-refractivity contribution in [3.63, 3.8) is 0 Å². The second-order valence-electron chi connectivity index (χ2n) is 4.97. The molecule has 1 unspecified atom stereocenters. The zero-order valence-electron chi connectivity index (χ0n) is 10.4. The molecule has 0 saturated carbocycles. The maximum Gasteiger partial charge on any atom is 0.195 e. The van der Waals surface area contributed by atoms with Gasteiger partial charge in [0, 0.05) is 11.6 Å². The molecule has 94 valence electrons. The minimum atomic E-state index is -0.661. The number of benzene rings is 1. The van der Waals surface area contributed by atoms with Crippen LogP contribution in [0.3, 0.4) is 0 Å². The van der Waals surface area contributed by atoms with Gasteiger partial charge in [0.15, 0.2) is 5.78 Å². The Hall–Kier alpha value is -0.740. The average molecular weight is 303 g/mol. The van der Waals surface area contributed by atoms with E-state index in [-0.39, 0.29) is 16.8 Å². The molecule has 0 saturated heterocycles. The van der Waals surface area contributed by atoms with Crippen molar-refractivity contribution in [1.29, 1.82) is 0 Å². The predicted molar refractivity (Wildman–Crippen MR) is 68.7 cm³/mol. The number of hydrogen-bond donors (Lipinski definition) is 0. The van der Waals surface area contributed by atoms with Crippen LogP contribution in [0.4, 0.5) is 4.39 Å². The van der Waals surface area contributed by atoms with Gasteiger partial charge in [0.05, 0.1) is 5.56 Å². The fourth-order valence-electron chi connectivity index (χ4n) is 1.68. The highest BCUT2D eigenvalue weighted by molar-refractivity contribution is 9.10. The van der Waals surface area contributed by atoms with Crippen LogP contribution in [-0.4, -0.2) is 19.0 Å². The maximum absolute atomic E-state index is 13.6. The van der Waals surface area contributed by atoms with E-state index >= 15 is 0 Å². The first-order valence-electron chi connectivity index (χ1n) is 5.29. The Labute approximate surface area is 109 Å². The van der Waals surface area contributed by atoms with Gasteiger partial charge in [-0.15, -0.1) is 0 Å². The van der Waals surface area contributed by atoms with Crippen LogP contribution in [0.5, 0.6) is 0 Å². The SMILES string of the molecule is COC(C(=O)c1cc(Br)ccc1F)C(C)(C)C. The monoisotopic (exact) mass is 302 g/mol. The van der Waals surface area contributed by atoms with Gasteiger partial charge in [-0.1, -0.05) is 36.7 Å².